The molecule has 1 aliphatic heterocycles. The lowest BCUT2D eigenvalue weighted by atomic mass is 9.93. The predicted octanol–water partition coefficient (Wildman–Crippen LogP) is 3.91. The Hall–Kier alpha value is -2.47. The van der Waals surface area contributed by atoms with E-state index in [1.54, 1.807) is 24.3 Å². The lowest BCUT2D eigenvalue weighted by Gasteiger charge is -2.21. The van der Waals surface area contributed by atoms with Crippen molar-refractivity contribution in [2.24, 2.45) is 5.41 Å². The topological polar surface area (TPSA) is 51.7 Å². The van der Waals surface area contributed by atoms with Gasteiger partial charge < -0.3 is 9.47 Å². The summed E-state index contributed by atoms with van der Waals surface area (Å²) in [5, 5.41) is 0. The Bertz CT molecular complexity index is 851. The van der Waals surface area contributed by atoms with E-state index < -0.39 is 11.8 Å². The van der Waals surface area contributed by atoms with Gasteiger partial charge in [0, 0.05) is 24.7 Å². The van der Waals surface area contributed by atoms with Crippen molar-refractivity contribution in [1.29, 1.82) is 0 Å². The fraction of sp³-hybridized carbons (Fsp3) is 0.429. The zero-order chi connectivity index (χ0) is 19.6. The summed E-state index contributed by atoms with van der Waals surface area (Å²) in [6.07, 6.45) is 2.27. The molecule has 144 valence electrons. The zero-order valence-corrected chi connectivity index (χ0v) is 16.2. The maximum atomic E-state index is 14.5. The highest BCUT2D eigenvalue weighted by atomic mass is 19.1. The van der Waals surface area contributed by atoms with Crippen molar-refractivity contribution in [3.8, 4) is 17.0 Å². The highest BCUT2D eigenvalue weighted by Crippen LogP contribution is 2.34. The second kappa shape index (κ2) is 7.64. The van der Waals surface area contributed by atoms with Crippen LogP contribution in [0.2, 0.25) is 0 Å². The first-order valence-corrected chi connectivity index (χ1v) is 8.96. The minimum atomic E-state index is -0.426. The number of ether oxygens (including phenoxy) is 2. The van der Waals surface area contributed by atoms with E-state index >= 15 is 0 Å². The Morgan fingerprint density at radius 2 is 2.04 bits per heavy atom. The molecule has 27 heavy (non-hydrogen) atoms. The van der Waals surface area contributed by atoms with Crippen molar-refractivity contribution in [1.82, 2.24) is 9.88 Å². The standard InChI is InChI=1S/C21H25FN2O3/c1-21(2)7-8-24(13-21)12-15-9-14(20(25)27-4)5-6-16(15)17-10-19(26-3)23-11-18(17)22/h5-6,9-11H,7-8,12-13H2,1-4H3. The Balaban J connectivity index is 2.04. The summed E-state index contributed by atoms with van der Waals surface area (Å²) in [6, 6.07) is 6.80. The summed E-state index contributed by atoms with van der Waals surface area (Å²) < 4.78 is 24.5. The van der Waals surface area contributed by atoms with Gasteiger partial charge in [-0.1, -0.05) is 19.9 Å². The fourth-order valence-electron chi connectivity index (χ4n) is 3.57. The van der Waals surface area contributed by atoms with Gasteiger partial charge in [-0.05, 0) is 41.6 Å². The molecule has 1 aromatic heterocycles. The van der Waals surface area contributed by atoms with Crippen LogP contribution in [-0.2, 0) is 11.3 Å². The average molecular weight is 372 g/mol. The molecule has 1 aliphatic rings. The molecule has 2 aromatic rings. The lowest BCUT2D eigenvalue weighted by molar-refractivity contribution is 0.0600. The van der Waals surface area contributed by atoms with Crippen LogP contribution in [0, 0.1) is 11.2 Å². The van der Waals surface area contributed by atoms with Crippen LogP contribution >= 0.6 is 0 Å². The Labute approximate surface area is 159 Å². The molecule has 0 aliphatic carbocycles. The van der Waals surface area contributed by atoms with Crippen LogP contribution in [0.15, 0.2) is 30.5 Å². The number of carbonyl (C=O) groups is 1. The normalized spacial score (nSPS) is 16.3. The van der Waals surface area contributed by atoms with Crippen LogP contribution in [0.25, 0.3) is 11.1 Å². The third-order valence-electron chi connectivity index (χ3n) is 5.01. The van der Waals surface area contributed by atoms with Gasteiger partial charge in [-0.25, -0.2) is 14.2 Å². The molecule has 0 saturated carbocycles. The van der Waals surface area contributed by atoms with Gasteiger partial charge in [0.1, 0.15) is 5.82 Å². The Morgan fingerprint density at radius 1 is 1.26 bits per heavy atom. The van der Waals surface area contributed by atoms with E-state index in [1.807, 2.05) is 0 Å². The number of methoxy groups -OCH3 is 2. The third-order valence-corrected chi connectivity index (χ3v) is 5.01. The van der Waals surface area contributed by atoms with Gasteiger partial charge in [-0.3, -0.25) is 4.90 Å². The molecule has 1 aromatic carbocycles. The van der Waals surface area contributed by atoms with Crippen molar-refractivity contribution >= 4 is 5.97 Å². The molecule has 0 unspecified atom stereocenters. The number of rotatable bonds is 5. The van der Waals surface area contributed by atoms with E-state index in [1.165, 1.54) is 14.2 Å². The number of likely N-dealkylation sites (tertiary alicyclic amines) is 1. The fourth-order valence-corrected chi connectivity index (χ4v) is 3.57. The summed E-state index contributed by atoms with van der Waals surface area (Å²) in [5.74, 6) is -0.487. The third kappa shape index (κ3) is 4.27. The van der Waals surface area contributed by atoms with E-state index in [0.29, 0.717) is 23.6 Å². The molecular formula is C21H25FN2O3. The molecule has 1 fully saturated rings. The molecule has 0 radical (unpaired) electrons. The number of pyridine rings is 1. The molecular weight excluding hydrogens is 347 g/mol. The van der Waals surface area contributed by atoms with Crippen LogP contribution in [-0.4, -0.2) is 43.2 Å². The maximum Gasteiger partial charge on any atom is 0.337 e. The highest BCUT2D eigenvalue weighted by molar-refractivity contribution is 5.90. The SMILES string of the molecule is COC(=O)c1ccc(-c2cc(OC)ncc2F)c(CN2CCC(C)(C)C2)c1. The van der Waals surface area contributed by atoms with Gasteiger partial charge in [0.05, 0.1) is 26.0 Å². The minimum Gasteiger partial charge on any atom is -0.481 e. The van der Waals surface area contributed by atoms with E-state index in [0.717, 1.165) is 36.8 Å². The van der Waals surface area contributed by atoms with Crippen molar-refractivity contribution in [2.45, 2.75) is 26.8 Å². The highest BCUT2D eigenvalue weighted by Gasteiger charge is 2.29. The van der Waals surface area contributed by atoms with Gasteiger partial charge >= 0.3 is 5.97 Å². The largest absolute Gasteiger partial charge is 0.481 e. The number of hydrogen-bond acceptors (Lipinski definition) is 5. The number of hydrogen-bond donors (Lipinski definition) is 0. The Kier molecular flexibility index (Phi) is 5.46. The molecule has 0 amide bonds. The summed E-state index contributed by atoms with van der Waals surface area (Å²) in [4.78, 5) is 18.2. The number of esters is 1. The van der Waals surface area contributed by atoms with E-state index in [-0.39, 0.29) is 5.41 Å². The molecule has 3 rings (SSSR count). The van der Waals surface area contributed by atoms with Crippen molar-refractivity contribution in [3.63, 3.8) is 0 Å². The van der Waals surface area contributed by atoms with Crippen molar-refractivity contribution in [3.05, 3.63) is 47.4 Å². The number of aromatic nitrogens is 1. The van der Waals surface area contributed by atoms with Crippen LogP contribution in [0.1, 0.15) is 36.2 Å². The van der Waals surface area contributed by atoms with Gasteiger partial charge in [0.2, 0.25) is 5.88 Å². The van der Waals surface area contributed by atoms with E-state index in [9.17, 15) is 9.18 Å². The number of nitrogens with zero attached hydrogens (tertiary/aromatic N) is 2. The second-order valence-electron chi connectivity index (χ2n) is 7.69. The van der Waals surface area contributed by atoms with Crippen molar-refractivity contribution < 1.29 is 18.7 Å². The second-order valence-corrected chi connectivity index (χ2v) is 7.69. The van der Waals surface area contributed by atoms with Gasteiger partial charge in [-0.2, -0.15) is 0 Å². The lowest BCUT2D eigenvalue weighted by Crippen LogP contribution is -2.23. The number of benzene rings is 1. The van der Waals surface area contributed by atoms with E-state index in [2.05, 4.69) is 23.7 Å². The summed E-state index contributed by atoms with van der Waals surface area (Å²) in [5.41, 5.74) is 2.72. The molecule has 0 atom stereocenters. The molecule has 2 heterocycles. The maximum absolute atomic E-state index is 14.5. The predicted molar refractivity (Wildman–Crippen MR) is 101 cm³/mol. The van der Waals surface area contributed by atoms with Gasteiger partial charge in [-0.15, -0.1) is 0 Å². The first-order valence-electron chi connectivity index (χ1n) is 8.96. The number of carbonyl (C=O) groups excluding carboxylic acids is 1. The average Bonchev–Trinajstić information content (AvgIpc) is 3.00. The Morgan fingerprint density at radius 3 is 2.67 bits per heavy atom. The van der Waals surface area contributed by atoms with Crippen LogP contribution < -0.4 is 4.74 Å². The summed E-state index contributed by atoms with van der Waals surface area (Å²) in [6.45, 7) is 7.04. The van der Waals surface area contributed by atoms with E-state index in [4.69, 9.17) is 9.47 Å². The monoisotopic (exact) mass is 372 g/mol. The minimum absolute atomic E-state index is 0.255. The zero-order valence-electron chi connectivity index (χ0n) is 16.2. The molecule has 5 nitrogen and oxygen atoms in total. The smallest absolute Gasteiger partial charge is 0.337 e. The molecule has 1 saturated heterocycles. The summed E-state index contributed by atoms with van der Waals surface area (Å²) >= 11 is 0. The van der Waals surface area contributed by atoms with Gasteiger partial charge in [0.15, 0.2) is 0 Å². The van der Waals surface area contributed by atoms with Crippen LogP contribution in [0.4, 0.5) is 4.39 Å². The molecule has 0 bridgehead atoms. The van der Waals surface area contributed by atoms with Crippen LogP contribution in [0.3, 0.4) is 0 Å². The molecule has 0 spiro atoms. The first-order chi connectivity index (χ1) is 12.8. The van der Waals surface area contributed by atoms with Crippen LogP contribution in [0.5, 0.6) is 5.88 Å². The molecule has 6 heteroatoms. The summed E-state index contributed by atoms with van der Waals surface area (Å²) in [7, 11) is 2.85. The first kappa shape index (κ1) is 19.3. The van der Waals surface area contributed by atoms with Crippen molar-refractivity contribution in [2.75, 3.05) is 27.3 Å². The quantitative estimate of drug-likeness (QED) is 0.745. The molecule has 0 N–H and O–H groups in total. The van der Waals surface area contributed by atoms with Gasteiger partial charge in [0.25, 0.3) is 0 Å². The number of halogens is 1.